The lowest BCUT2D eigenvalue weighted by Gasteiger charge is -2.18. The van der Waals surface area contributed by atoms with Gasteiger partial charge in [0.2, 0.25) is 5.91 Å². The van der Waals surface area contributed by atoms with Gasteiger partial charge >= 0.3 is 0 Å². The molecule has 1 aromatic heterocycles. The van der Waals surface area contributed by atoms with Crippen molar-refractivity contribution >= 4 is 34.9 Å². The van der Waals surface area contributed by atoms with Crippen LogP contribution in [-0.2, 0) is 11.4 Å². The molecule has 0 saturated heterocycles. The van der Waals surface area contributed by atoms with E-state index in [-0.39, 0.29) is 11.8 Å². The molecule has 0 radical (unpaired) electrons. The highest BCUT2D eigenvalue weighted by Gasteiger charge is 2.12. The molecule has 0 bridgehead atoms. The predicted molar refractivity (Wildman–Crippen MR) is 129 cm³/mol. The summed E-state index contributed by atoms with van der Waals surface area (Å²) in [6.45, 7) is 7.55. The summed E-state index contributed by atoms with van der Waals surface area (Å²) in [7, 11) is 0. The second-order valence-corrected chi connectivity index (χ2v) is 8.12. The van der Waals surface area contributed by atoms with E-state index in [0.29, 0.717) is 36.7 Å². The maximum absolute atomic E-state index is 12.4. The fourth-order valence-corrected chi connectivity index (χ4v) is 3.71. The van der Waals surface area contributed by atoms with E-state index in [9.17, 15) is 9.59 Å². The largest absolute Gasteiger partial charge is 0.487 e. The second kappa shape index (κ2) is 11.2. The molecule has 7 heteroatoms. The zero-order valence-electron chi connectivity index (χ0n) is 18.5. The van der Waals surface area contributed by atoms with Crippen molar-refractivity contribution in [1.82, 2.24) is 9.88 Å². The molecule has 0 aliphatic carbocycles. The van der Waals surface area contributed by atoms with E-state index in [0.717, 1.165) is 16.3 Å². The van der Waals surface area contributed by atoms with Gasteiger partial charge in [0.05, 0.1) is 10.7 Å². The lowest BCUT2D eigenvalue weighted by molar-refractivity contribution is -0.111. The van der Waals surface area contributed by atoms with Crippen LogP contribution in [0.25, 0.3) is 6.08 Å². The van der Waals surface area contributed by atoms with Gasteiger partial charge in [-0.2, -0.15) is 0 Å². The van der Waals surface area contributed by atoms with Crippen molar-refractivity contribution in [3.8, 4) is 5.75 Å². The third-order valence-corrected chi connectivity index (χ3v) is 5.65. The van der Waals surface area contributed by atoms with Crippen molar-refractivity contribution in [1.29, 1.82) is 0 Å². The molecule has 0 aliphatic rings. The average molecular weight is 450 g/mol. The van der Waals surface area contributed by atoms with Crippen LogP contribution >= 0.6 is 11.3 Å². The lowest BCUT2D eigenvalue weighted by atomic mass is 10.1. The van der Waals surface area contributed by atoms with Gasteiger partial charge in [0.25, 0.3) is 5.91 Å². The van der Waals surface area contributed by atoms with Gasteiger partial charge in [-0.15, -0.1) is 11.3 Å². The number of ether oxygens (including phenoxy) is 1. The van der Waals surface area contributed by atoms with Gasteiger partial charge in [-0.1, -0.05) is 18.2 Å². The molecule has 0 aliphatic heterocycles. The Balaban J connectivity index is 1.60. The standard InChI is InChI=1S/C25H27N3O3S/c1-4-28(5-2)25(30)20-10-13-21(14-11-20)27-24(29)15-12-19-8-6-7-9-23(19)31-16-22-17-32-18(3)26-22/h6-15,17H,4-5,16H2,1-3H3,(H,27,29)/b15-12+. The summed E-state index contributed by atoms with van der Waals surface area (Å²) in [5.74, 6) is 0.399. The minimum absolute atomic E-state index is 0.0165. The van der Waals surface area contributed by atoms with Crippen LogP contribution in [0.1, 0.15) is 40.5 Å². The smallest absolute Gasteiger partial charge is 0.253 e. The Bertz CT molecular complexity index is 1090. The first-order valence-electron chi connectivity index (χ1n) is 10.5. The zero-order valence-corrected chi connectivity index (χ0v) is 19.3. The predicted octanol–water partition coefficient (Wildman–Crippen LogP) is 5.16. The number of carbonyl (C=O) groups excluding carboxylic acids is 2. The van der Waals surface area contributed by atoms with Crippen LogP contribution in [0.5, 0.6) is 5.75 Å². The van der Waals surface area contributed by atoms with E-state index in [1.807, 2.05) is 50.4 Å². The van der Waals surface area contributed by atoms with Crippen LogP contribution in [0, 0.1) is 6.92 Å². The SMILES string of the molecule is CCN(CC)C(=O)c1ccc(NC(=O)/C=C/c2ccccc2OCc2csc(C)n2)cc1. The third kappa shape index (κ3) is 6.28. The Labute approximate surface area is 192 Å². The van der Waals surface area contributed by atoms with Gasteiger partial charge in [0.15, 0.2) is 0 Å². The summed E-state index contributed by atoms with van der Waals surface area (Å²) in [5, 5.41) is 5.79. The van der Waals surface area contributed by atoms with Gasteiger partial charge in [-0.05, 0) is 57.2 Å². The first kappa shape index (κ1) is 23.2. The van der Waals surface area contributed by atoms with E-state index in [4.69, 9.17) is 4.74 Å². The van der Waals surface area contributed by atoms with Gasteiger partial charge < -0.3 is 15.0 Å². The van der Waals surface area contributed by atoms with Gasteiger partial charge in [0.1, 0.15) is 12.4 Å². The molecule has 0 spiro atoms. The highest BCUT2D eigenvalue weighted by molar-refractivity contribution is 7.09. The van der Waals surface area contributed by atoms with E-state index < -0.39 is 0 Å². The fraction of sp³-hybridized carbons (Fsp3) is 0.240. The highest BCUT2D eigenvalue weighted by Crippen LogP contribution is 2.21. The lowest BCUT2D eigenvalue weighted by Crippen LogP contribution is -2.30. The monoisotopic (exact) mass is 449 g/mol. The van der Waals surface area contributed by atoms with Gasteiger partial charge in [0, 0.05) is 41.4 Å². The third-order valence-electron chi connectivity index (χ3n) is 4.83. The molecule has 2 amide bonds. The van der Waals surface area contributed by atoms with Crippen molar-refractivity contribution in [2.75, 3.05) is 18.4 Å². The van der Waals surface area contributed by atoms with Gasteiger partial charge in [-0.25, -0.2) is 4.98 Å². The molecule has 2 aromatic carbocycles. The molecule has 3 aromatic rings. The Morgan fingerprint density at radius 1 is 1.09 bits per heavy atom. The number of aromatic nitrogens is 1. The number of anilines is 1. The molecular weight excluding hydrogens is 422 g/mol. The average Bonchev–Trinajstić information content (AvgIpc) is 3.23. The molecule has 6 nitrogen and oxygen atoms in total. The number of nitrogens with one attached hydrogen (secondary N) is 1. The number of nitrogens with zero attached hydrogens (tertiary/aromatic N) is 2. The van der Waals surface area contributed by atoms with E-state index in [1.165, 1.54) is 6.08 Å². The molecule has 166 valence electrons. The van der Waals surface area contributed by atoms with Crippen LogP contribution in [-0.4, -0.2) is 34.8 Å². The van der Waals surface area contributed by atoms with Crippen LogP contribution in [0.15, 0.2) is 60.0 Å². The maximum atomic E-state index is 12.4. The molecule has 0 unspecified atom stereocenters. The molecule has 32 heavy (non-hydrogen) atoms. The molecule has 3 rings (SSSR count). The van der Waals surface area contributed by atoms with Crippen molar-refractivity contribution < 1.29 is 14.3 Å². The number of rotatable bonds is 9. The van der Waals surface area contributed by atoms with E-state index >= 15 is 0 Å². The zero-order chi connectivity index (χ0) is 22.9. The van der Waals surface area contributed by atoms with Crippen molar-refractivity contribution in [2.45, 2.75) is 27.4 Å². The topological polar surface area (TPSA) is 71.5 Å². The number of hydrogen-bond acceptors (Lipinski definition) is 5. The summed E-state index contributed by atoms with van der Waals surface area (Å²) >= 11 is 1.59. The first-order valence-corrected chi connectivity index (χ1v) is 11.4. The van der Waals surface area contributed by atoms with Crippen molar-refractivity contribution in [3.05, 3.63) is 81.8 Å². The van der Waals surface area contributed by atoms with Crippen LogP contribution in [0.2, 0.25) is 0 Å². The van der Waals surface area contributed by atoms with Crippen LogP contribution in [0.4, 0.5) is 5.69 Å². The molecular formula is C25H27N3O3S. The molecule has 0 saturated carbocycles. The van der Waals surface area contributed by atoms with E-state index in [2.05, 4.69) is 10.3 Å². The second-order valence-electron chi connectivity index (χ2n) is 7.06. The van der Waals surface area contributed by atoms with Crippen molar-refractivity contribution in [3.63, 3.8) is 0 Å². The summed E-state index contributed by atoms with van der Waals surface area (Å²) in [6.07, 6.45) is 3.18. The minimum atomic E-state index is -0.266. The Morgan fingerprint density at radius 2 is 1.81 bits per heavy atom. The molecule has 1 heterocycles. The Kier molecular flexibility index (Phi) is 8.16. The molecule has 0 atom stereocenters. The molecule has 0 fully saturated rings. The number of carbonyl (C=O) groups is 2. The van der Waals surface area contributed by atoms with E-state index in [1.54, 1.807) is 46.6 Å². The van der Waals surface area contributed by atoms with Crippen molar-refractivity contribution in [2.24, 2.45) is 0 Å². The van der Waals surface area contributed by atoms with Gasteiger partial charge in [-0.3, -0.25) is 9.59 Å². The number of para-hydroxylation sites is 1. The number of aryl methyl sites for hydroxylation is 1. The fourth-order valence-electron chi connectivity index (χ4n) is 3.11. The number of thiazole rings is 1. The maximum Gasteiger partial charge on any atom is 0.253 e. The summed E-state index contributed by atoms with van der Waals surface area (Å²) in [6, 6.07) is 14.4. The Hall–Kier alpha value is -3.45. The summed E-state index contributed by atoms with van der Waals surface area (Å²) in [5.41, 5.74) is 2.91. The molecule has 1 N–H and O–H groups in total. The first-order chi connectivity index (χ1) is 15.5. The van der Waals surface area contributed by atoms with Crippen LogP contribution in [0.3, 0.4) is 0 Å². The quantitative estimate of drug-likeness (QED) is 0.458. The number of hydrogen-bond donors (Lipinski definition) is 1. The summed E-state index contributed by atoms with van der Waals surface area (Å²) in [4.78, 5) is 30.9. The number of benzene rings is 2. The Morgan fingerprint density at radius 3 is 2.47 bits per heavy atom. The van der Waals surface area contributed by atoms with Crippen LogP contribution < -0.4 is 10.1 Å². The summed E-state index contributed by atoms with van der Waals surface area (Å²) < 4.78 is 5.89. The minimum Gasteiger partial charge on any atom is -0.487 e. The highest BCUT2D eigenvalue weighted by atomic mass is 32.1. The normalized spacial score (nSPS) is 10.8. The number of amides is 2.